The van der Waals surface area contributed by atoms with Crippen molar-refractivity contribution in [2.24, 2.45) is 5.92 Å². The summed E-state index contributed by atoms with van der Waals surface area (Å²) >= 11 is 0. The van der Waals surface area contributed by atoms with Gasteiger partial charge in [-0.15, -0.1) is 0 Å². The molecule has 1 aliphatic rings. The van der Waals surface area contributed by atoms with Gasteiger partial charge >= 0.3 is 0 Å². The van der Waals surface area contributed by atoms with Crippen molar-refractivity contribution in [1.29, 1.82) is 0 Å². The number of fused-ring (bicyclic) bond motifs is 1. The minimum Gasteiger partial charge on any atom is -0.350 e. The van der Waals surface area contributed by atoms with Crippen molar-refractivity contribution < 1.29 is 18.8 Å². The fourth-order valence-corrected chi connectivity index (χ4v) is 3.70. The predicted molar refractivity (Wildman–Crippen MR) is 123 cm³/mol. The summed E-state index contributed by atoms with van der Waals surface area (Å²) in [5.41, 5.74) is 1.52. The van der Waals surface area contributed by atoms with E-state index in [1.165, 1.54) is 17.0 Å². The Kier molecular flexibility index (Phi) is 7.75. The van der Waals surface area contributed by atoms with Crippen molar-refractivity contribution in [2.75, 3.05) is 11.9 Å². The molecule has 0 aliphatic carbocycles. The molecule has 8 nitrogen and oxygen atoms in total. The lowest BCUT2D eigenvalue weighted by Crippen LogP contribution is -2.58. The second-order valence-corrected chi connectivity index (χ2v) is 8.50. The number of benzene rings is 1. The van der Waals surface area contributed by atoms with Gasteiger partial charge in [0.2, 0.25) is 11.8 Å². The van der Waals surface area contributed by atoms with Crippen LogP contribution in [0.15, 0.2) is 42.6 Å². The zero-order chi connectivity index (χ0) is 24.1. The Morgan fingerprint density at radius 1 is 1.15 bits per heavy atom. The molecular weight excluding hydrogens is 425 g/mol. The number of aromatic nitrogens is 1. The number of pyridine rings is 1. The van der Waals surface area contributed by atoms with Crippen LogP contribution in [0.1, 0.15) is 31.9 Å². The predicted octanol–water partition coefficient (Wildman–Crippen LogP) is 1.54. The summed E-state index contributed by atoms with van der Waals surface area (Å²) in [4.78, 5) is 45.0. The monoisotopic (exact) mass is 455 g/mol. The highest BCUT2D eigenvalue weighted by Gasteiger charge is 2.42. The van der Waals surface area contributed by atoms with Gasteiger partial charge in [-0.05, 0) is 49.2 Å². The Balaban J connectivity index is 1.83. The zero-order valence-corrected chi connectivity index (χ0v) is 19.3. The molecule has 2 heterocycles. The van der Waals surface area contributed by atoms with Crippen molar-refractivity contribution in [1.82, 2.24) is 20.9 Å². The molecule has 0 spiro atoms. The second kappa shape index (κ2) is 10.5. The van der Waals surface area contributed by atoms with Crippen LogP contribution < -0.4 is 20.9 Å². The number of anilines is 1. The Morgan fingerprint density at radius 3 is 2.48 bits per heavy atom. The summed E-state index contributed by atoms with van der Waals surface area (Å²) in [5, 5.41) is 8.50. The maximum atomic E-state index is 13.7. The van der Waals surface area contributed by atoms with E-state index in [9.17, 15) is 18.8 Å². The van der Waals surface area contributed by atoms with E-state index >= 15 is 0 Å². The Labute approximate surface area is 193 Å². The molecule has 1 aromatic carbocycles. The van der Waals surface area contributed by atoms with Crippen LogP contribution in [-0.2, 0) is 27.3 Å². The molecule has 0 radical (unpaired) electrons. The maximum Gasteiger partial charge on any atom is 0.251 e. The number of amides is 3. The van der Waals surface area contributed by atoms with Crippen molar-refractivity contribution in [2.45, 2.75) is 51.9 Å². The summed E-state index contributed by atoms with van der Waals surface area (Å²) in [5.74, 6) is -1.17. The molecule has 1 aromatic heterocycles. The van der Waals surface area contributed by atoms with Crippen molar-refractivity contribution in [3.8, 4) is 0 Å². The van der Waals surface area contributed by atoms with E-state index in [1.54, 1.807) is 38.4 Å². The number of halogens is 1. The molecule has 33 heavy (non-hydrogen) atoms. The number of carbonyl (C=O) groups excluding carboxylic acids is 3. The van der Waals surface area contributed by atoms with Gasteiger partial charge in [0.25, 0.3) is 5.91 Å². The van der Waals surface area contributed by atoms with Crippen LogP contribution in [0.3, 0.4) is 0 Å². The summed E-state index contributed by atoms with van der Waals surface area (Å²) < 4.78 is 13.2. The Morgan fingerprint density at radius 2 is 1.85 bits per heavy atom. The second-order valence-electron chi connectivity index (χ2n) is 8.50. The molecule has 9 heteroatoms. The smallest absolute Gasteiger partial charge is 0.251 e. The number of nitrogens with zero attached hydrogens (tertiary/aromatic N) is 2. The van der Waals surface area contributed by atoms with E-state index in [2.05, 4.69) is 20.9 Å². The van der Waals surface area contributed by atoms with Crippen LogP contribution in [0.25, 0.3) is 0 Å². The molecule has 3 amide bonds. The summed E-state index contributed by atoms with van der Waals surface area (Å²) in [6, 6.07) is 7.34. The van der Waals surface area contributed by atoms with Crippen LogP contribution in [0, 0.1) is 11.7 Å². The van der Waals surface area contributed by atoms with Gasteiger partial charge in [0, 0.05) is 19.2 Å². The van der Waals surface area contributed by atoms with Crippen molar-refractivity contribution in [3.63, 3.8) is 0 Å². The van der Waals surface area contributed by atoms with Gasteiger partial charge < -0.3 is 16.0 Å². The number of carbonyl (C=O) groups is 3. The molecule has 176 valence electrons. The van der Waals surface area contributed by atoms with E-state index in [0.717, 1.165) is 11.1 Å². The van der Waals surface area contributed by atoms with Gasteiger partial charge in [0.15, 0.2) is 0 Å². The molecule has 3 atom stereocenters. The largest absolute Gasteiger partial charge is 0.350 e. The normalized spacial score (nSPS) is 16.8. The SMILES string of the molecule is CN[C@@H](C)C(=O)N[C@H](C(=O)N1c2ncccc2C[C@H]1C(=O)NCc1ccc(F)cc1)C(C)C. The van der Waals surface area contributed by atoms with Crippen molar-refractivity contribution in [3.05, 3.63) is 59.5 Å². The minimum atomic E-state index is -0.825. The van der Waals surface area contributed by atoms with E-state index in [0.29, 0.717) is 12.2 Å². The molecule has 0 fully saturated rings. The van der Waals surface area contributed by atoms with Crippen LogP contribution in [0.4, 0.5) is 10.2 Å². The number of hydrogen-bond acceptors (Lipinski definition) is 5. The molecule has 0 saturated carbocycles. The molecule has 0 unspecified atom stereocenters. The van der Waals surface area contributed by atoms with Crippen LogP contribution in [-0.4, -0.2) is 47.9 Å². The summed E-state index contributed by atoms with van der Waals surface area (Å²) in [7, 11) is 1.67. The average molecular weight is 456 g/mol. The standard InChI is InChI=1S/C24H30FN5O3/c1-14(2)20(29-22(31)15(3)26-4)24(33)30-19(12-17-6-5-11-27-21(17)30)23(32)28-13-16-7-9-18(25)10-8-16/h5-11,14-15,19-20,26H,12-13H2,1-4H3,(H,28,32)(H,29,31)/t15-,19-,20-/m0/s1. The molecule has 3 rings (SSSR count). The maximum absolute atomic E-state index is 13.7. The van der Waals surface area contributed by atoms with Crippen LogP contribution >= 0.6 is 0 Å². The van der Waals surface area contributed by atoms with Crippen LogP contribution in [0.5, 0.6) is 0 Å². The molecular formula is C24H30FN5O3. The minimum absolute atomic E-state index is 0.200. The number of rotatable bonds is 8. The third kappa shape index (κ3) is 5.54. The highest BCUT2D eigenvalue weighted by atomic mass is 19.1. The lowest BCUT2D eigenvalue weighted by molar-refractivity contribution is -0.131. The van der Waals surface area contributed by atoms with Gasteiger partial charge in [0.05, 0.1) is 6.04 Å². The topological polar surface area (TPSA) is 103 Å². The number of likely N-dealkylation sites (N-methyl/N-ethyl adjacent to an activating group) is 1. The Bertz CT molecular complexity index is 1010. The highest BCUT2D eigenvalue weighted by Crippen LogP contribution is 2.31. The van der Waals surface area contributed by atoms with Crippen molar-refractivity contribution >= 4 is 23.5 Å². The Hall–Kier alpha value is -3.33. The molecule has 2 aromatic rings. The van der Waals surface area contributed by atoms with E-state index in [1.807, 2.05) is 19.9 Å². The first-order valence-corrected chi connectivity index (χ1v) is 11.0. The van der Waals surface area contributed by atoms with Crippen LogP contribution in [0.2, 0.25) is 0 Å². The third-order valence-corrected chi connectivity index (χ3v) is 5.80. The number of nitrogens with one attached hydrogen (secondary N) is 3. The molecule has 0 bridgehead atoms. The molecule has 0 saturated heterocycles. The van der Waals surface area contributed by atoms with Gasteiger partial charge in [-0.3, -0.25) is 19.3 Å². The van der Waals surface area contributed by atoms with Gasteiger partial charge in [-0.1, -0.05) is 32.0 Å². The number of hydrogen-bond donors (Lipinski definition) is 3. The average Bonchev–Trinajstić information content (AvgIpc) is 3.20. The summed E-state index contributed by atoms with van der Waals surface area (Å²) in [6.07, 6.45) is 1.89. The first-order chi connectivity index (χ1) is 15.7. The molecule has 1 aliphatic heterocycles. The van der Waals surface area contributed by atoms with Gasteiger partial charge in [0.1, 0.15) is 23.7 Å². The molecule has 3 N–H and O–H groups in total. The van der Waals surface area contributed by atoms with Gasteiger partial charge in [-0.25, -0.2) is 9.37 Å². The summed E-state index contributed by atoms with van der Waals surface area (Å²) in [6.45, 7) is 5.58. The quantitative estimate of drug-likeness (QED) is 0.560. The highest BCUT2D eigenvalue weighted by molar-refractivity contribution is 6.06. The van der Waals surface area contributed by atoms with E-state index in [-0.39, 0.29) is 36.0 Å². The fourth-order valence-electron chi connectivity index (χ4n) is 3.70. The fraction of sp³-hybridized carbons (Fsp3) is 0.417. The van der Waals surface area contributed by atoms with Gasteiger partial charge in [-0.2, -0.15) is 0 Å². The van der Waals surface area contributed by atoms with E-state index in [4.69, 9.17) is 0 Å². The third-order valence-electron chi connectivity index (χ3n) is 5.80. The zero-order valence-electron chi connectivity index (χ0n) is 19.3. The lowest BCUT2D eigenvalue weighted by Gasteiger charge is -2.31. The lowest BCUT2D eigenvalue weighted by atomic mass is 10.0. The first kappa shape index (κ1) is 24.3. The van der Waals surface area contributed by atoms with E-state index < -0.39 is 18.1 Å². The first-order valence-electron chi connectivity index (χ1n) is 11.0.